The number of carbonyl (C=O) groups is 5. The summed E-state index contributed by atoms with van der Waals surface area (Å²) in [4.78, 5) is 69.8. The van der Waals surface area contributed by atoms with E-state index in [2.05, 4.69) is 0 Å². The molecule has 0 fully saturated rings. The van der Waals surface area contributed by atoms with Crippen molar-refractivity contribution < 1.29 is 52.4 Å². The van der Waals surface area contributed by atoms with Crippen molar-refractivity contribution in [3.8, 4) is 11.5 Å². The molecule has 0 aliphatic carbocycles. The Kier molecular flexibility index (Phi) is 10.5. The van der Waals surface area contributed by atoms with Crippen LogP contribution in [-0.4, -0.2) is 82.1 Å². The third-order valence-corrected chi connectivity index (χ3v) is 12.8. The van der Waals surface area contributed by atoms with Crippen molar-refractivity contribution in [1.29, 1.82) is 0 Å². The minimum absolute atomic E-state index is 0.137. The highest BCUT2D eigenvalue weighted by molar-refractivity contribution is 8.26. The number of carbonyl (C=O) groups excluding carboxylic acids is 5. The molecule has 0 N–H and O–H groups in total. The second-order valence-corrected chi connectivity index (χ2v) is 14.9. The number of benzene rings is 2. The molecule has 262 valence electrons. The first-order chi connectivity index (χ1) is 23.8. The Balaban J connectivity index is 1.81. The monoisotopic (exact) mass is 739 g/mol. The van der Waals surface area contributed by atoms with Crippen molar-refractivity contribution in [3.63, 3.8) is 0 Å². The van der Waals surface area contributed by atoms with Crippen LogP contribution in [0.4, 0.5) is 5.69 Å². The summed E-state index contributed by atoms with van der Waals surface area (Å²) in [7, 11) is 7.70. The smallest absolute Gasteiger partial charge is 0.345 e. The normalized spacial score (nSPS) is 17.3. The van der Waals surface area contributed by atoms with Crippen LogP contribution in [0.15, 0.2) is 73.7 Å². The van der Waals surface area contributed by atoms with Crippen LogP contribution in [0.3, 0.4) is 0 Å². The highest BCUT2D eigenvalue weighted by Gasteiger charge is 2.61. The van der Waals surface area contributed by atoms with Crippen LogP contribution in [0.25, 0.3) is 11.6 Å². The van der Waals surface area contributed by atoms with E-state index in [0.29, 0.717) is 33.2 Å². The van der Waals surface area contributed by atoms with Crippen molar-refractivity contribution in [2.45, 2.75) is 23.5 Å². The van der Waals surface area contributed by atoms with Gasteiger partial charge in [0.25, 0.3) is 5.91 Å². The van der Waals surface area contributed by atoms with E-state index in [9.17, 15) is 24.0 Å². The Hall–Kier alpha value is -4.60. The van der Waals surface area contributed by atoms with Gasteiger partial charge in [-0.1, -0.05) is 47.4 Å². The van der Waals surface area contributed by atoms with Gasteiger partial charge >= 0.3 is 23.9 Å². The summed E-state index contributed by atoms with van der Waals surface area (Å²) in [5, 5.41) is 0. The number of esters is 4. The summed E-state index contributed by atoms with van der Waals surface area (Å²) < 4.78 is 29.6. The largest absolute Gasteiger partial charge is 0.497 e. The number of nitrogens with zero attached hydrogens (tertiary/aromatic N) is 1. The second kappa shape index (κ2) is 14.3. The minimum atomic E-state index is -1.70. The van der Waals surface area contributed by atoms with Crippen LogP contribution < -0.4 is 14.4 Å². The van der Waals surface area contributed by atoms with Crippen molar-refractivity contribution >= 4 is 82.4 Å². The molecule has 12 nitrogen and oxygen atoms in total. The van der Waals surface area contributed by atoms with E-state index in [-0.39, 0.29) is 20.3 Å². The van der Waals surface area contributed by atoms with Crippen LogP contribution >= 0.6 is 35.3 Å². The van der Waals surface area contributed by atoms with Crippen molar-refractivity contribution in [3.05, 3.63) is 84.9 Å². The van der Waals surface area contributed by atoms with Gasteiger partial charge in [0.05, 0.1) is 59.5 Å². The number of methoxy groups -OCH3 is 6. The third-order valence-electron chi connectivity index (χ3n) is 8.10. The topological polar surface area (TPSA) is 144 Å². The van der Waals surface area contributed by atoms with E-state index in [1.807, 2.05) is 12.1 Å². The molecular weight excluding hydrogens is 707 g/mol. The summed E-state index contributed by atoms with van der Waals surface area (Å²) in [6.45, 7) is 3.59. The highest BCUT2D eigenvalue weighted by Crippen LogP contribution is 2.71. The molecule has 0 radical (unpaired) electrons. The summed E-state index contributed by atoms with van der Waals surface area (Å²) in [5.74, 6) is -2.76. The van der Waals surface area contributed by atoms with Crippen LogP contribution in [0.1, 0.15) is 25.0 Å². The molecule has 15 heteroatoms. The van der Waals surface area contributed by atoms with Gasteiger partial charge in [-0.2, -0.15) is 0 Å². The molecule has 3 aliphatic heterocycles. The maximum Gasteiger partial charge on any atom is 0.345 e. The van der Waals surface area contributed by atoms with Gasteiger partial charge in [-0.05, 0) is 49.8 Å². The first-order valence-corrected chi connectivity index (χ1v) is 17.3. The van der Waals surface area contributed by atoms with Gasteiger partial charge in [0.15, 0.2) is 0 Å². The lowest BCUT2D eigenvalue weighted by atomic mass is 9.83. The van der Waals surface area contributed by atoms with Gasteiger partial charge in [-0.3, -0.25) is 9.69 Å². The third kappa shape index (κ3) is 6.07. The van der Waals surface area contributed by atoms with Gasteiger partial charge in [0.1, 0.15) is 30.3 Å². The van der Waals surface area contributed by atoms with Crippen LogP contribution in [0.5, 0.6) is 11.5 Å². The zero-order valence-corrected chi connectivity index (χ0v) is 30.8. The summed E-state index contributed by atoms with van der Waals surface area (Å²) >= 11 is 2.66. The average Bonchev–Trinajstić information content (AvgIpc) is 3.52. The van der Waals surface area contributed by atoms with Crippen LogP contribution in [0, 0.1) is 0 Å². The summed E-state index contributed by atoms with van der Waals surface area (Å²) in [6, 6.07) is 12.3. The zero-order valence-electron chi connectivity index (χ0n) is 28.4. The number of rotatable bonds is 8. The average molecular weight is 740 g/mol. The maximum atomic E-state index is 14.3. The molecule has 0 atom stereocenters. The van der Waals surface area contributed by atoms with E-state index in [4.69, 9.17) is 28.4 Å². The molecule has 1 amide bonds. The summed E-state index contributed by atoms with van der Waals surface area (Å²) in [5.41, 5.74) is 0.712. The van der Waals surface area contributed by atoms with E-state index < -0.39 is 39.4 Å². The van der Waals surface area contributed by atoms with Gasteiger partial charge in [-0.25, -0.2) is 19.2 Å². The zero-order chi connectivity index (χ0) is 36.5. The van der Waals surface area contributed by atoms with Gasteiger partial charge in [0.2, 0.25) is 0 Å². The lowest BCUT2D eigenvalue weighted by Crippen LogP contribution is -2.53. The molecule has 0 saturated carbocycles. The molecular formula is C35H33NO11S3. The van der Waals surface area contributed by atoms with E-state index >= 15 is 0 Å². The Morgan fingerprint density at radius 3 is 1.72 bits per heavy atom. The summed E-state index contributed by atoms with van der Waals surface area (Å²) in [6.07, 6.45) is 3.11. The number of fused-ring (bicyclic) bond motifs is 3. The number of amides is 1. The predicted molar refractivity (Wildman–Crippen MR) is 191 cm³/mol. The second-order valence-electron chi connectivity index (χ2n) is 11.2. The minimum Gasteiger partial charge on any atom is -0.497 e. The van der Waals surface area contributed by atoms with Gasteiger partial charge in [0, 0.05) is 28.2 Å². The number of anilines is 1. The fraction of sp³-hybridized carbons (Fsp3) is 0.286. The Morgan fingerprint density at radius 1 is 0.680 bits per heavy atom. The number of ether oxygens (including phenoxy) is 6. The molecule has 50 heavy (non-hydrogen) atoms. The van der Waals surface area contributed by atoms with Gasteiger partial charge < -0.3 is 28.4 Å². The molecule has 3 heterocycles. The van der Waals surface area contributed by atoms with Crippen LogP contribution in [0.2, 0.25) is 0 Å². The quantitative estimate of drug-likeness (QED) is 0.195. The van der Waals surface area contributed by atoms with Gasteiger partial charge in [-0.15, -0.1) is 0 Å². The lowest BCUT2D eigenvalue weighted by Gasteiger charge is -2.50. The van der Waals surface area contributed by atoms with Crippen LogP contribution in [-0.2, 0) is 42.9 Å². The Labute approximate surface area is 301 Å². The standard InChI is InChI=1S/C35H33NO11S3/c1-34(2)29-24(21-15-14-20(43-4)17-22(21)36(34)23(37)16-11-18-9-12-19(42-3)13-10-18)35(25(30(38)44-5)26(48-29)31(39)45-6)49-27(32(40)46-7)28(50-35)33(41)47-8/h9-17H,1-8H3. The molecule has 1 spiro atoms. The molecule has 0 bridgehead atoms. The first kappa shape index (κ1) is 36.7. The first-order valence-electron chi connectivity index (χ1n) is 14.8. The Bertz CT molecular complexity index is 1900. The molecule has 3 aliphatic rings. The predicted octanol–water partition coefficient (Wildman–Crippen LogP) is 5.33. The molecule has 0 saturated heterocycles. The molecule has 0 aromatic heterocycles. The van der Waals surface area contributed by atoms with E-state index in [0.717, 1.165) is 62.2 Å². The SMILES string of the molecule is COC(=O)C1=C(C(=O)OC)SC2(S1)C(C(=O)OC)=C(C(=O)OC)SC1=C2c2ccc(OC)cc2N(C(=O)C=Cc2ccc(OC)cc2)C1(C)C. The van der Waals surface area contributed by atoms with E-state index in [1.54, 1.807) is 62.3 Å². The van der Waals surface area contributed by atoms with Crippen molar-refractivity contribution in [1.82, 2.24) is 0 Å². The maximum absolute atomic E-state index is 14.3. The lowest BCUT2D eigenvalue weighted by molar-refractivity contribution is -0.138. The van der Waals surface area contributed by atoms with Crippen molar-refractivity contribution in [2.75, 3.05) is 47.6 Å². The fourth-order valence-corrected chi connectivity index (χ4v) is 10.8. The van der Waals surface area contributed by atoms with E-state index in [1.165, 1.54) is 20.3 Å². The number of thioether (sulfide) groups is 3. The molecule has 5 rings (SSSR count). The highest BCUT2D eigenvalue weighted by atomic mass is 32.2. The molecule has 2 aromatic carbocycles. The Morgan fingerprint density at radius 2 is 1.20 bits per heavy atom. The number of hydrogen-bond acceptors (Lipinski definition) is 14. The molecule has 2 aromatic rings. The molecule has 0 unspecified atom stereocenters. The number of hydrogen-bond donors (Lipinski definition) is 0. The van der Waals surface area contributed by atoms with Crippen molar-refractivity contribution in [2.24, 2.45) is 0 Å². The fourth-order valence-electron chi connectivity index (χ4n) is 5.77.